The summed E-state index contributed by atoms with van der Waals surface area (Å²) >= 11 is 0. The molecule has 0 spiro atoms. The lowest BCUT2D eigenvalue weighted by molar-refractivity contribution is -0.122. The highest BCUT2D eigenvalue weighted by atomic mass is 16.3. The number of hydrogen-bond donors (Lipinski definition) is 2. The lowest BCUT2D eigenvalue weighted by atomic mass is 9.96. The summed E-state index contributed by atoms with van der Waals surface area (Å²) in [5, 5.41) is 12.4. The van der Waals surface area contributed by atoms with Crippen molar-refractivity contribution in [2.24, 2.45) is 11.8 Å². The molecular formula is C9H17NO2. The predicted octanol–water partition coefficient (Wildman–Crippen LogP) is 0.528. The van der Waals surface area contributed by atoms with Crippen LogP contribution < -0.4 is 5.32 Å². The Labute approximate surface area is 73.2 Å². The van der Waals surface area contributed by atoms with Crippen LogP contribution in [0.15, 0.2) is 0 Å². The fraction of sp³-hybridized carbons (Fsp3) is 0.889. The molecule has 1 fully saturated rings. The molecule has 1 amide bonds. The minimum absolute atomic E-state index is 0.0347. The Hall–Kier alpha value is -0.570. The molecule has 1 saturated heterocycles. The molecule has 0 radical (unpaired) electrons. The van der Waals surface area contributed by atoms with Crippen molar-refractivity contribution in [3.63, 3.8) is 0 Å². The van der Waals surface area contributed by atoms with Gasteiger partial charge in [-0.15, -0.1) is 0 Å². The number of rotatable bonds is 2. The monoisotopic (exact) mass is 171 g/mol. The highest BCUT2D eigenvalue weighted by Crippen LogP contribution is 2.20. The van der Waals surface area contributed by atoms with Gasteiger partial charge in [-0.1, -0.05) is 20.8 Å². The van der Waals surface area contributed by atoms with E-state index in [9.17, 15) is 9.90 Å². The van der Waals surface area contributed by atoms with Gasteiger partial charge in [-0.25, -0.2) is 0 Å². The van der Waals surface area contributed by atoms with E-state index in [1.165, 1.54) is 0 Å². The molecule has 12 heavy (non-hydrogen) atoms. The summed E-state index contributed by atoms with van der Waals surface area (Å²) in [6.07, 6.45) is 0.358. The third kappa shape index (κ3) is 1.78. The number of carbonyl (C=O) groups is 1. The molecule has 1 aliphatic rings. The lowest BCUT2D eigenvalue weighted by Gasteiger charge is -2.21. The first-order valence-electron chi connectivity index (χ1n) is 4.50. The van der Waals surface area contributed by atoms with Crippen molar-refractivity contribution < 1.29 is 9.90 Å². The summed E-state index contributed by atoms with van der Waals surface area (Å²) in [4.78, 5) is 11.1. The Morgan fingerprint density at radius 1 is 1.58 bits per heavy atom. The van der Waals surface area contributed by atoms with Crippen LogP contribution >= 0.6 is 0 Å². The van der Waals surface area contributed by atoms with Crippen LogP contribution in [-0.4, -0.2) is 23.2 Å². The summed E-state index contributed by atoms with van der Waals surface area (Å²) in [6, 6.07) is -0.0347. The van der Waals surface area contributed by atoms with Gasteiger partial charge in [-0.2, -0.15) is 0 Å². The van der Waals surface area contributed by atoms with Gasteiger partial charge in [-0.3, -0.25) is 4.79 Å². The van der Waals surface area contributed by atoms with Crippen LogP contribution in [0.4, 0.5) is 0 Å². The molecule has 3 heteroatoms. The van der Waals surface area contributed by atoms with E-state index in [1.807, 2.05) is 20.8 Å². The third-order valence-corrected chi connectivity index (χ3v) is 2.48. The van der Waals surface area contributed by atoms with Crippen LogP contribution in [0.3, 0.4) is 0 Å². The quantitative estimate of drug-likeness (QED) is 0.636. The molecule has 1 aliphatic heterocycles. The largest absolute Gasteiger partial charge is 0.391 e. The zero-order valence-electron chi connectivity index (χ0n) is 7.87. The number of carbonyl (C=O) groups excluding carboxylic acids is 1. The summed E-state index contributed by atoms with van der Waals surface area (Å²) in [7, 11) is 0. The second-order valence-corrected chi connectivity index (χ2v) is 3.99. The fourth-order valence-electron chi connectivity index (χ4n) is 1.56. The predicted molar refractivity (Wildman–Crippen MR) is 46.6 cm³/mol. The van der Waals surface area contributed by atoms with Crippen molar-refractivity contribution in [3.8, 4) is 0 Å². The van der Waals surface area contributed by atoms with Gasteiger partial charge in [0.2, 0.25) is 5.91 Å². The minimum Gasteiger partial charge on any atom is -0.391 e. The molecule has 0 aromatic heterocycles. The molecule has 3 atom stereocenters. The third-order valence-electron chi connectivity index (χ3n) is 2.48. The lowest BCUT2D eigenvalue weighted by Crippen LogP contribution is -2.39. The second kappa shape index (κ2) is 3.44. The minimum atomic E-state index is -0.404. The van der Waals surface area contributed by atoms with E-state index in [0.29, 0.717) is 0 Å². The number of hydrogen-bond acceptors (Lipinski definition) is 2. The van der Waals surface area contributed by atoms with E-state index in [1.54, 1.807) is 0 Å². The van der Waals surface area contributed by atoms with Gasteiger partial charge < -0.3 is 10.4 Å². The normalized spacial score (nSPS) is 32.2. The first kappa shape index (κ1) is 9.52. The molecule has 1 rings (SSSR count). The Kier molecular flexibility index (Phi) is 2.73. The average molecular weight is 171 g/mol. The maximum atomic E-state index is 11.1. The second-order valence-electron chi connectivity index (χ2n) is 3.99. The average Bonchev–Trinajstić information content (AvgIpc) is 2.30. The van der Waals surface area contributed by atoms with Gasteiger partial charge in [0, 0.05) is 5.92 Å². The molecule has 0 saturated carbocycles. The highest BCUT2D eigenvalue weighted by Gasteiger charge is 2.33. The van der Waals surface area contributed by atoms with Gasteiger partial charge in [0.05, 0.1) is 12.1 Å². The summed E-state index contributed by atoms with van der Waals surface area (Å²) < 4.78 is 0. The van der Waals surface area contributed by atoms with E-state index >= 15 is 0 Å². The van der Waals surface area contributed by atoms with Crippen LogP contribution in [0.2, 0.25) is 0 Å². The zero-order valence-corrected chi connectivity index (χ0v) is 7.87. The van der Waals surface area contributed by atoms with Crippen LogP contribution in [0.5, 0.6) is 0 Å². The van der Waals surface area contributed by atoms with Crippen molar-refractivity contribution in [2.45, 2.75) is 39.3 Å². The molecule has 1 heterocycles. The van der Waals surface area contributed by atoms with Crippen LogP contribution in [0.25, 0.3) is 0 Å². The summed E-state index contributed by atoms with van der Waals surface area (Å²) in [5.41, 5.74) is 0. The van der Waals surface area contributed by atoms with E-state index < -0.39 is 6.10 Å². The van der Waals surface area contributed by atoms with Crippen molar-refractivity contribution in [3.05, 3.63) is 0 Å². The first-order chi connectivity index (χ1) is 5.52. The number of amides is 1. The standard InChI is InChI=1S/C9H17NO2/c1-5(2)8(11)7-4-6(3)9(12)10-7/h5-8,11H,4H2,1-3H3,(H,10,12)/t6-,7?,8?/m1/s1. The number of aliphatic hydroxyl groups excluding tert-OH is 1. The van der Waals surface area contributed by atoms with Crippen LogP contribution in [0, 0.1) is 11.8 Å². The van der Waals surface area contributed by atoms with Crippen LogP contribution in [0.1, 0.15) is 27.2 Å². The topological polar surface area (TPSA) is 49.3 Å². The van der Waals surface area contributed by atoms with Crippen molar-refractivity contribution >= 4 is 5.91 Å². The highest BCUT2D eigenvalue weighted by molar-refractivity contribution is 5.80. The molecule has 70 valence electrons. The van der Waals surface area contributed by atoms with Gasteiger partial charge in [0.1, 0.15) is 0 Å². The smallest absolute Gasteiger partial charge is 0.223 e. The zero-order chi connectivity index (χ0) is 9.30. The molecule has 0 aromatic carbocycles. The van der Waals surface area contributed by atoms with Crippen LogP contribution in [-0.2, 0) is 4.79 Å². The van der Waals surface area contributed by atoms with Crippen molar-refractivity contribution in [1.29, 1.82) is 0 Å². The molecular weight excluding hydrogens is 154 g/mol. The molecule has 0 bridgehead atoms. The van der Waals surface area contributed by atoms with Gasteiger partial charge in [0.15, 0.2) is 0 Å². The molecule has 2 unspecified atom stereocenters. The number of aliphatic hydroxyl groups is 1. The first-order valence-corrected chi connectivity index (χ1v) is 4.50. The molecule has 3 nitrogen and oxygen atoms in total. The Morgan fingerprint density at radius 3 is 2.50 bits per heavy atom. The molecule has 0 aliphatic carbocycles. The van der Waals surface area contributed by atoms with E-state index in [-0.39, 0.29) is 23.8 Å². The molecule has 2 N–H and O–H groups in total. The summed E-state index contributed by atoms with van der Waals surface area (Å²) in [6.45, 7) is 5.81. The van der Waals surface area contributed by atoms with E-state index in [2.05, 4.69) is 5.32 Å². The maximum absolute atomic E-state index is 11.1. The van der Waals surface area contributed by atoms with Crippen molar-refractivity contribution in [2.75, 3.05) is 0 Å². The SMILES string of the molecule is CC(C)C(O)C1C[C@@H](C)C(=O)N1. The maximum Gasteiger partial charge on any atom is 0.223 e. The Bertz CT molecular complexity index is 179. The Morgan fingerprint density at radius 2 is 2.17 bits per heavy atom. The fourth-order valence-corrected chi connectivity index (χ4v) is 1.56. The number of nitrogens with one attached hydrogen (secondary N) is 1. The van der Waals surface area contributed by atoms with Crippen molar-refractivity contribution in [1.82, 2.24) is 5.32 Å². The summed E-state index contributed by atoms with van der Waals surface area (Å²) in [5.74, 6) is 0.337. The van der Waals surface area contributed by atoms with Gasteiger partial charge >= 0.3 is 0 Å². The van der Waals surface area contributed by atoms with Gasteiger partial charge in [0.25, 0.3) is 0 Å². The molecule has 0 aromatic rings. The Balaban J connectivity index is 2.51. The van der Waals surface area contributed by atoms with Gasteiger partial charge in [-0.05, 0) is 12.3 Å². The van der Waals surface area contributed by atoms with E-state index in [0.717, 1.165) is 6.42 Å². The van der Waals surface area contributed by atoms with E-state index in [4.69, 9.17) is 0 Å².